The smallest absolute Gasteiger partial charge is 0.123 e. The lowest BCUT2D eigenvalue weighted by atomic mass is 9.98. The van der Waals surface area contributed by atoms with Crippen molar-refractivity contribution in [3.63, 3.8) is 0 Å². The van der Waals surface area contributed by atoms with Crippen LogP contribution in [0.5, 0.6) is 5.75 Å². The summed E-state index contributed by atoms with van der Waals surface area (Å²) in [7, 11) is 1.59. The Hall–Kier alpha value is -0.770. The zero-order valence-corrected chi connectivity index (χ0v) is 9.95. The van der Waals surface area contributed by atoms with Gasteiger partial charge in [0.1, 0.15) is 5.75 Å². The molecule has 3 nitrogen and oxygen atoms in total. The molecule has 1 aliphatic rings. The highest BCUT2D eigenvalue weighted by atomic mass is 35.5. The predicted molar refractivity (Wildman–Crippen MR) is 63.7 cm³/mol. The fourth-order valence-corrected chi connectivity index (χ4v) is 2.06. The molecule has 0 heterocycles. The topological polar surface area (TPSA) is 55.5 Å². The average Bonchev–Trinajstić information content (AvgIpc) is 3.11. The number of nitrogens with two attached hydrogens (primary N) is 1. The first-order valence-electron chi connectivity index (χ1n) is 5.40. The molecule has 1 saturated carbocycles. The summed E-state index contributed by atoms with van der Waals surface area (Å²) in [5.41, 5.74) is 6.81. The van der Waals surface area contributed by atoms with Gasteiger partial charge in [-0.05, 0) is 37.0 Å². The Morgan fingerprint density at radius 2 is 2.19 bits per heavy atom. The molecule has 1 aromatic carbocycles. The van der Waals surface area contributed by atoms with Crippen LogP contribution in [0.15, 0.2) is 18.2 Å². The monoisotopic (exact) mass is 241 g/mol. The summed E-state index contributed by atoms with van der Waals surface area (Å²) in [5.74, 6) is 1.01. The molecule has 0 bridgehead atoms. The van der Waals surface area contributed by atoms with E-state index in [0.29, 0.717) is 16.7 Å². The van der Waals surface area contributed by atoms with Gasteiger partial charge in [0, 0.05) is 10.6 Å². The average molecular weight is 242 g/mol. The standard InChI is InChI=1S/C12H16ClNO2/c1-16-10-5-4-8(13)6-9(10)11(14)12(15)7-2-3-7/h4-7,11-12,15H,2-3,14H2,1H3/t11-,12+/m1/s1. The largest absolute Gasteiger partial charge is 0.496 e. The van der Waals surface area contributed by atoms with Crippen LogP contribution in [0.25, 0.3) is 0 Å². The van der Waals surface area contributed by atoms with Crippen LogP contribution in [0.3, 0.4) is 0 Å². The molecular weight excluding hydrogens is 226 g/mol. The summed E-state index contributed by atoms with van der Waals surface area (Å²) in [6.07, 6.45) is 1.60. The van der Waals surface area contributed by atoms with Gasteiger partial charge in [-0.25, -0.2) is 0 Å². The normalized spacial score (nSPS) is 19.2. The molecule has 0 radical (unpaired) electrons. The van der Waals surface area contributed by atoms with E-state index in [1.165, 1.54) is 0 Å². The number of rotatable bonds is 4. The molecule has 0 spiro atoms. The van der Waals surface area contributed by atoms with E-state index in [4.69, 9.17) is 22.1 Å². The lowest BCUT2D eigenvalue weighted by Gasteiger charge is -2.21. The summed E-state index contributed by atoms with van der Waals surface area (Å²) in [6.45, 7) is 0. The minimum atomic E-state index is -0.507. The molecule has 16 heavy (non-hydrogen) atoms. The Balaban J connectivity index is 2.26. The minimum Gasteiger partial charge on any atom is -0.496 e. The Kier molecular flexibility index (Phi) is 3.38. The van der Waals surface area contributed by atoms with E-state index in [-0.39, 0.29) is 0 Å². The number of hydrogen-bond donors (Lipinski definition) is 2. The van der Waals surface area contributed by atoms with E-state index in [0.717, 1.165) is 18.4 Å². The van der Waals surface area contributed by atoms with Crippen LogP contribution < -0.4 is 10.5 Å². The van der Waals surface area contributed by atoms with Crippen molar-refractivity contribution in [2.75, 3.05) is 7.11 Å². The molecule has 1 aliphatic carbocycles. The van der Waals surface area contributed by atoms with Gasteiger partial charge >= 0.3 is 0 Å². The molecule has 2 rings (SSSR count). The van der Waals surface area contributed by atoms with E-state index in [9.17, 15) is 5.11 Å². The van der Waals surface area contributed by atoms with E-state index in [1.54, 1.807) is 25.3 Å². The predicted octanol–water partition coefficient (Wildman–Crippen LogP) is 2.12. The Morgan fingerprint density at radius 3 is 2.75 bits per heavy atom. The zero-order chi connectivity index (χ0) is 11.7. The van der Waals surface area contributed by atoms with Crippen LogP contribution >= 0.6 is 11.6 Å². The number of ether oxygens (including phenoxy) is 1. The first-order chi connectivity index (χ1) is 7.63. The number of halogens is 1. The third kappa shape index (κ3) is 2.32. The van der Waals surface area contributed by atoms with Crippen molar-refractivity contribution in [3.8, 4) is 5.75 Å². The van der Waals surface area contributed by atoms with Gasteiger partial charge < -0.3 is 15.6 Å². The van der Waals surface area contributed by atoms with Crippen LogP contribution in [0.1, 0.15) is 24.4 Å². The maximum absolute atomic E-state index is 10.00. The summed E-state index contributed by atoms with van der Waals surface area (Å²) in [4.78, 5) is 0. The summed E-state index contributed by atoms with van der Waals surface area (Å²) < 4.78 is 5.22. The first kappa shape index (κ1) is 11.7. The third-order valence-electron chi connectivity index (χ3n) is 3.02. The molecular formula is C12H16ClNO2. The Bertz CT molecular complexity index is 379. The van der Waals surface area contributed by atoms with Gasteiger partial charge in [-0.2, -0.15) is 0 Å². The maximum atomic E-state index is 10.00. The molecule has 0 amide bonds. The lowest BCUT2D eigenvalue weighted by Crippen LogP contribution is -2.28. The van der Waals surface area contributed by atoms with Crippen LogP contribution in [-0.2, 0) is 0 Å². The summed E-state index contributed by atoms with van der Waals surface area (Å²) in [6, 6.07) is 4.86. The molecule has 4 heteroatoms. The first-order valence-corrected chi connectivity index (χ1v) is 5.78. The second-order valence-electron chi connectivity index (χ2n) is 4.24. The molecule has 88 valence electrons. The molecule has 1 aromatic rings. The van der Waals surface area contributed by atoms with Crippen molar-refractivity contribution in [3.05, 3.63) is 28.8 Å². The van der Waals surface area contributed by atoms with Gasteiger partial charge in [0.2, 0.25) is 0 Å². The molecule has 2 atom stereocenters. The van der Waals surface area contributed by atoms with Gasteiger partial charge in [-0.15, -0.1) is 0 Å². The van der Waals surface area contributed by atoms with Gasteiger partial charge in [0.15, 0.2) is 0 Å². The molecule has 0 aliphatic heterocycles. The van der Waals surface area contributed by atoms with E-state index < -0.39 is 12.1 Å². The SMILES string of the molecule is COc1ccc(Cl)cc1[C@@H](N)[C@@H](O)C1CC1. The van der Waals surface area contributed by atoms with Gasteiger partial charge in [-0.3, -0.25) is 0 Å². The number of aliphatic hydroxyl groups excluding tert-OH is 1. The number of hydrogen-bond acceptors (Lipinski definition) is 3. The second-order valence-corrected chi connectivity index (χ2v) is 4.68. The number of benzene rings is 1. The van der Waals surface area contributed by atoms with Crippen LogP contribution in [0.2, 0.25) is 5.02 Å². The zero-order valence-electron chi connectivity index (χ0n) is 9.19. The third-order valence-corrected chi connectivity index (χ3v) is 3.26. The number of methoxy groups -OCH3 is 1. The van der Waals surface area contributed by atoms with Crippen LogP contribution in [-0.4, -0.2) is 18.3 Å². The number of aliphatic hydroxyl groups is 1. The van der Waals surface area contributed by atoms with Crippen molar-refractivity contribution in [1.82, 2.24) is 0 Å². The summed E-state index contributed by atoms with van der Waals surface area (Å²) in [5, 5.41) is 10.6. The van der Waals surface area contributed by atoms with Crippen molar-refractivity contribution in [1.29, 1.82) is 0 Å². The fourth-order valence-electron chi connectivity index (χ4n) is 1.88. The second kappa shape index (κ2) is 4.62. The lowest BCUT2D eigenvalue weighted by molar-refractivity contribution is 0.121. The van der Waals surface area contributed by atoms with Crippen molar-refractivity contribution in [2.45, 2.75) is 25.0 Å². The fraction of sp³-hybridized carbons (Fsp3) is 0.500. The highest BCUT2D eigenvalue weighted by molar-refractivity contribution is 6.30. The Labute approximate surface area is 100 Å². The van der Waals surface area contributed by atoms with E-state index in [1.807, 2.05) is 0 Å². The van der Waals surface area contributed by atoms with Gasteiger partial charge in [-0.1, -0.05) is 11.6 Å². The van der Waals surface area contributed by atoms with E-state index >= 15 is 0 Å². The minimum absolute atomic E-state index is 0.332. The molecule has 1 fully saturated rings. The highest BCUT2D eigenvalue weighted by Gasteiger charge is 2.35. The molecule has 0 saturated heterocycles. The van der Waals surface area contributed by atoms with Crippen LogP contribution in [0.4, 0.5) is 0 Å². The van der Waals surface area contributed by atoms with Crippen molar-refractivity contribution >= 4 is 11.6 Å². The van der Waals surface area contributed by atoms with Gasteiger partial charge in [0.05, 0.1) is 19.3 Å². The Morgan fingerprint density at radius 1 is 1.50 bits per heavy atom. The summed E-state index contributed by atoms with van der Waals surface area (Å²) >= 11 is 5.93. The quantitative estimate of drug-likeness (QED) is 0.849. The van der Waals surface area contributed by atoms with Gasteiger partial charge in [0.25, 0.3) is 0 Å². The molecule has 0 unspecified atom stereocenters. The highest BCUT2D eigenvalue weighted by Crippen LogP contribution is 2.39. The maximum Gasteiger partial charge on any atom is 0.123 e. The molecule has 0 aromatic heterocycles. The van der Waals surface area contributed by atoms with Crippen LogP contribution in [0, 0.1) is 5.92 Å². The van der Waals surface area contributed by atoms with Crippen molar-refractivity contribution in [2.24, 2.45) is 11.7 Å². The molecule has 3 N–H and O–H groups in total. The van der Waals surface area contributed by atoms with E-state index in [2.05, 4.69) is 0 Å². The van der Waals surface area contributed by atoms with Crippen molar-refractivity contribution < 1.29 is 9.84 Å².